The number of imide groups is 1. The van der Waals surface area contributed by atoms with Crippen molar-refractivity contribution in [3.8, 4) is 0 Å². The maximum atomic E-state index is 11.6. The van der Waals surface area contributed by atoms with Crippen LogP contribution in [-0.4, -0.2) is 39.3 Å². The van der Waals surface area contributed by atoms with Gasteiger partial charge in [0.1, 0.15) is 0 Å². The molecule has 1 heterocycles. The quantitative estimate of drug-likeness (QED) is 0.495. The molecule has 0 spiro atoms. The van der Waals surface area contributed by atoms with Gasteiger partial charge in [-0.3, -0.25) is 14.5 Å². The molecular weight excluding hydrogens is 198 g/mol. The van der Waals surface area contributed by atoms with Crippen LogP contribution in [0, 0.1) is 5.92 Å². The van der Waals surface area contributed by atoms with Crippen molar-refractivity contribution in [1.29, 1.82) is 0 Å². The van der Waals surface area contributed by atoms with Gasteiger partial charge >= 0.3 is 0 Å². The van der Waals surface area contributed by atoms with E-state index in [1.165, 1.54) is 13.0 Å². The van der Waals surface area contributed by atoms with Crippen LogP contribution in [0.4, 0.5) is 0 Å². The number of aliphatic hydroxyl groups is 2. The molecule has 2 N–H and O–H groups in total. The van der Waals surface area contributed by atoms with E-state index in [-0.39, 0.29) is 5.92 Å². The van der Waals surface area contributed by atoms with E-state index < -0.39 is 24.1 Å². The van der Waals surface area contributed by atoms with Gasteiger partial charge in [0.2, 0.25) is 0 Å². The van der Waals surface area contributed by atoms with Crippen molar-refractivity contribution >= 4 is 11.8 Å². The van der Waals surface area contributed by atoms with Gasteiger partial charge in [-0.15, -0.1) is 0 Å². The van der Waals surface area contributed by atoms with E-state index in [1.807, 2.05) is 0 Å². The van der Waals surface area contributed by atoms with Crippen molar-refractivity contribution in [1.82, 2.24) is 4.90 Å². The minimum absolute atomic E-state index is 0.211. The second-order valence-electron chi connectivity index (χ2n) is 3.99. The summed E-state index contributed by atoms with van der Waals surface area (Å²) in [6.45, 7) is 4.97. The molecule has 1 aliphatic heterocycles. The molecule has 84 valence electrons. The molecule has 5 heteroatoms. The standard InChI is InChI=1S/C10H15NO4/c1-5(2)8(10(14)15)11-7(12)4-6(3)9(11)13/h4-5,8,10,14-15H,1-3H3/t8-/m0/s1. The summed E-state index contributed by atoms with van der Waals surface area (Å²) in [5.74, 6) is -1.15. The van der Waals surface area contributed by atoms with Gasteiger partial charge in [0.25, 0.3) is 11.8 Å². The summed E-state index contributed by atoms with van der Waals surface area (Å²) in [6, 6.07) is -0.890. The Morgan fingerprint density at radius 2 is 1.80 bits per heavy atom. The first-order valence-electron chi connectivity index (χ1n) is 4.78. The molecule has 0 radical (unpaired) electrons. The Bertz CT molecular complexity index is 311. The molecule has 1 atom stereocenters. The number of hydrogen-bond donors (Lipinski definition) is 2. The third-order valence-corrected chi connectivity index (χ3v) is 2.42. The van der Waals surface area contributed by atoms with E-state index in [4.69, 9.17) is 10.2 Å². The first kappa shape index (κ1) is 11.9. The summed E-state index contributed by atoms with van der Waals surface area (Å²) in [6.07, 6.45) is -0.503. The van der Waals surface area contributed by atoms with E-state index in [1.54, 1.807) is 13.8 Å². The van der Waals surface area contributed by atoms with Crippen LogP contribution in [-0.2, 0) is 9.59 Å². The number of rotatable bonds is 3. The predicted molar refractivity (Wildman–Crippen MR) is 52.5 cm³/mol. The fourth-order valence-corrected chi connectivity index (χ4v) is 1.66. The third kappa shape index (κ3) is 2.08. The van der Waals surface area contributed by atoms with E-state index >= 15 is 0 Å². The van der Waals surface area contributed by atoms with Crippen LogP contribution in [0.15, 0.2) is 11.6 Å². The van der Waals surface area contributed by atoms with Gasteiger partial charge in [-0.1, -0.05) is 13.8 Å². The molecule has 0 fully saturated rings. The molecule has 0 aromatic rings. The first-order valence-corrected chi connectivity index (χ1v) is 4.78. The second kappa shape index (κ2) is 4.12. The Morgan fingerprint density at radius 1 is 1.27 bits per heavy atom. The zero-order valence-corrected chi connectivity index (χ0v) is 8.97. The lowest BCUT2D eigenvalue weighted by atomic mass is 10.0. The van der Waals surface area contributed by atoms with E-state index in [2.05, 4.69) is 0 Å². The minimum atomic E-state index is -1.71. The number of hydrogen-bond acceptors (Lipinski definition) is 4. The number of carbonyl (C=O) groups excluding carboxylic acids is 2. The molecule has 0 saturated carbocycles. The number of aliphatic hydroxyl groups excluding tert-OH is 1. The van der Waals surface area contributed by atoms with Gasteiger partial charge in [0, 0.05) is 11.6 Å². The molecule has 1 aliphatic rings. The zero-order valence-electron chi connectivity index (χ0n) is 8.97. The Morgan fingerprint density at radius 3 is 2.07 bits per heavy atom. The van der Waals surface area contributed by atoms with Gasteiger partial charge in [0.15, 0.2) is 6.29 Å². The number of nitrogens with zero attached hydrogens (tertiary/aromatic N) is 1. The van der Waals surface area contributed by atoms with Crippen molar-refractivity contribution in [2.45, 2.75) is 33.1 Å². The molecule has 0 aromatic heterocycles. The van der Waals surface area contributed by atoms with Crippen molar-refractivity contribution in [3.05, 3.63) is 11.6 Å². The average Bonchev–Trinajstić information content (AvgIpc) is 2.31. The van der Waals surface area contributed by atoms with Gasteiger partial charge in [-0.05, 0) is 12.8 Å². The maximum Gasteiger partial charge on any atom is 0.257 e. The topological polar surface area (TPSA) is 77.8 Å². The van der Waals surface area contributed by atoms with Crippen LogP contribution in [0.2, 0.25) is 0 Å². The summed E-state index contributed by atoms with van der Waals surface area (Å²) in [5, 5.41) is 18.3. The van der Waals surface area contributed by atoms with Gasteiger partial charge in [-0.25, -0.2) is 0 Å². The largest absolute Gasteiger partial charge is 0.366 e. The van der Waals surface area contributed by atoms with E-state index in [0.29, 0.717) is 5.57 Å². The van der Waals surface area contributed by atoms with Gasteiger partial charge in [0.05, 0.1) is 6.04 Å². The van der Waals surface area contributed by atoms with Crippen LogP contribution in [0.25, 0.3) is 0 Å². The van der Waals surface area contributed by atoms with Crippen molar-refractivity contribution < 1.29 is 19.8 Å². The summed E-state index contributed by atoms with van der Waals surface area (Å²) in [7, 11) is 0. The zero-order chi connectivity index (χ0) is 11.7. The lowest BCUT2D eigenvalue weighted by Crippen LogP contribution is -2.50. The lowest BCUT2D eigenvalue weighted by molar-refractivity contribution is -0.157. The smallest absolute Gasteiger partial charge is 0.257 e. The van der Waals surface area contributed by atoms with Crippen LogP contribution in [0.5, 0.6) is 0 Å². The molecule has 5 nitrogen and oxygen atoms in total. The summed E-state index contributed by atoms with van der Waals surface area (Å²) in [4.78, 5) is 23.9. The van der Waals surface area contributed by atoms with Crippen LogP contribution in [0.3, 0.4) is 0 Å². The second-order valence-corrected chi connectivity index (χ2v) is 3.99. The first-order chi connectivity index (χ1) is 6.86. The van der Waals surface area contributed by atoms with E-state index in [9.17, 15) is 9.59 Å². The summed E-state index contributed by atoms with van der Waals surface area (Å²) in [5.41, 5.74) is 0.325. The fourth-order valence-electron chi connectivity index (χ4n) is 1.66. The Kier molecular flexibility index (Phi) is 3.26. The predicted octanol–water partition coefficient (Wildman–Crippen LogP) is -0.363. The highest BCUT2D eigenvalue weighted by molar-refractivity contribution is 6.16. The number of carbonyl (C=O) groups is 2. The monoisotopic (exact) mass is 213 g/mol. The molecule has 15 heavy (non-hydrogen) atoms. The Balaban J connectivity index is 2.97. The molecule has 0 aromatic carbocycles. The SMILES string of the molecule is CC1=CC(=O)N([C@@H](C(C)C)C(O)O)C1=O. The lowest BCUT2D eigenvalue weighted by Gasteiger charge is -2.30. The van der Waals surface area contributed by atoms with Crippen molar-refractivity contribution in [2.24, 2.45) is 5.92 Å². The number of amides is 2. The molecule has 1 rings (SSSR count). The van der Waals surface area contributed by atoms with Crippen LogP contribution in [0.1, 0.15) is 20.8 Å². The van der Waals surface area contributed by atoms with E-state index in [0.717, 1.165) is 4.90 Å². The summed E-state index contributed by atoms with van der Waals surface area (Å²) >= 11 is 0. The highest BCUT2D eigenvalue weighted by atomic mass is 16.5. The Hall–Kier alpha value is -1.20. The van der Waals surface area contributed by atoms with Gasteiger partial charge in [-0.2, -0.15) is 0 Å². The normalized spacial score (nSPS) is 19.1. The molecule has 0 aliphatic carbocycles. The molecule has 0 unspecified atom stereocenters. The summed E-state index contributed by atoms with van der Waals surface area (Å²) < 4.78 is 0. The average molecular weight is 213 g/mol. The minimum Gasteiger partial charge on any atom is -0.366 e. The van der Waals surface area contributed by atoms with Crippen molar-refractivity contribution in [2.75, 3.05) is 0 Å². The molecule has 2 amide bonds. The maximum absolute atomic E-state index is 11.6. The fraction of sp³-hybridized carbons (Fsp3) is 0.600. The van der Waals surface area contributed by atoms with Crippen molar-refractivity contribution in [3.63, 3.8) is 0 Å². The molecule has 0 saturated heterocycles. The van der Waals surface area contributed by atoms with Crippen LogP contribution >= 0.6 is 0 Å². The highest BCUT2D eigenvalue weighted by Crippen LogP contribution is 2.21. The highest BCUT2D eigenvalue weighted by Gasteiger charge is 2.39. The Labute approximate surface area is 88.0 Å². The van der Waals surface area contributed by atoms with Gasteiger partial charge < -0.3 is 10.2 Å². The molecular formula is C10H15NO4. The molecule has 0 bridgehead atoms. The third-order valence-electron chi connectivity index (χ3n) is 2.42. The van der Waals surface area contributed by atoms with Crippen LogP contribution < -0.4 is 0 Å².